The first kappa shape index (κ1) is 13.9. The number of rotatable bonds is 3. The second-order valence-electron chi connectivity index (χ2n) is 2.70. The lowest BCUT2D eigenvalue weighted by Crippen LogP contribution is -2.37. The van der Waals surface area contributed by atoms with Crippen LogP contribution in [0.3, 0.4) is 0 Å². The third-order valence-corrected chi connectivity index (χ3v) is 3.45. The summed E-state index contributed by atoms with van der Waals surface area (Å²) in [6, 6.07) is 1.51. The van der Waals surface area contributed by atoms with Crippen LogP contribution >= 0.6 is 39.7 Å². The molecular weight excluding hydrogens is 288 g/mol. The molecule has 0 unspecified atom stereocenters. The lowest BCUT2D eigenvalue weighted by molar-refractivity contribution is -0.122. The van der Waals surface area contributed by atoms with Crippen LogP contribution in [0.25, 0.3) is 0 Å². The van der Waals surface area contributed by atoms with Crippen LogP contribution in [0.4, 0.5) is 0 Å². The summed E-state index contributed by atoms with van der Waals surface area (Å²) in [7, 11) is 0. The second kappa shape index (κ2) is 6.40. The molecule has 0 bridgehead atoms. The van der Waals surface area contributed by atoms with E-state index in [9.17, 15) is 4.79 Å². The van der Waals surface area contributed by atoms with E-state index in [0.717, 1.165) is 9.35 Å². The topological polar surface area (TPSA) is 55.1 Å². The minimum Gasteiger partial charge on any atom is -0.350 e. The van der Waals surface area contributed by atoms with Crippen LogP contribution in [0.1, 0.15) is 11.8 Å². The Morgan fingerprint density at radius 3 is 2.86 bits per heavy atom. The van der Waals surface area contributed by atoms with Crippen molar-refractivity contribution in [2.75, 3.05) is 0 Å². The summed E-state index contributed by atoms with van der Waals surface area (Å²) in [6.07, 6.45) is 0. The van der Waals surface area contributed by atoms with Gasteiger partial charge < -0.3 is 11.1 Å². The highest BCUT2D eigenvalue weighted by Gasteiger charge is 2.07. The van der Waals surface area contributed by atoms with Crippen LogP contribution in [-0.4, -0.2) is 11.9 Å². The number of nitrogens with two attached hydrogens (primary N) is 1. The molecule has 0 saturated carbocycles. The molecule has 0 aliphatic rings. The van der Waals surface area contributed by atoms with Crippen LogP contribution in [0.5, 0.6) is 0 Å². The van der Waals surface area contributed by atoms with Crippen molar-refractivity contribution in [3.8, 4) is 0 Å². The van der Waals surface area contributed by atoms with Gasteiger partial charge in [0.05, 0.1) is 12.6 Å². The van der Waals surface area contributed by atoms with Gasteiger partial charge in [0.25, 0.3) is 0 Å². The fourth-order valence-electron chi connectivity index (χ4n) is 0.780. The van der Waals surface area contributed by atoms with Gasteiger partial charge in [-0.3, -0.25) is 4.79 Å². The summed E-state index contributed by atoms with van der Waals surface area (Å²) in [5.41, 5.74) is 5.39. The third-order valence-electron chi connectivity index (χ3n) is 1.53. The molecule has 3 N–H and O–H groups in total. The van der Waals surface area contributed by atoms with Crippen molar-refractivity contribution in [3.63, 3.8) is 0 Å². The van der Waals surface area contributed by atoms with Crippen LogP contribution in [0.2, 0.25) is 0 Å². The van der Waals surface area contributed by atoms with Crippen molar-refractivity contribution in [2.45, 2.75) is 19.5 Å². The van der Waals surface area contributed by atoms with Gasteiger partial charge in [-0.15, -0.1) is 23.7 Å². The van der Waals surface area contributed by atoms with Gasteiger partial charge in [-0.2, -0.15) is 0 Å². The summed E-state index contributed by atoms with van der Waals surface area (Å²) in [6.45, 7) is 2.21. The third kappa shape index (κ3) is 3.96. The van der Waals surface area contributed by atoms with Gasteiger partial charge >= 0.3 is 0 Å². The van der Waals surface area contributed by atoms with E-state index in [4.69, 9.17) is 5.73 Å². The van der Waals surface area contributed by atoms with Crippen molar-refractivity contribution in [1.82, 2.24) is 5.32 Å². The minimum absolute atomic E-state index is 0. The van der Waals surface area contributed by atoms with E-state index in [2.05, 4.69) is 21.2 Å². The molecule has 1 aromatic rings. The molecule has 0 spiro atoms. The molecule has 0 fully saturated rings. The standard InChI is InChI=1S/C8H11BrN2OS.ClH/c1-5(10)8(12)11-4-7-6(9)2-3-13-7;/h2-3,5H,4,10H2,1H3,(H,11,12);1H/t5-;/m1./s1. The fraction of sp³-hybridized carbons (Fsp3) is 0.375. The quantitative estimate of drug-likeness (QED) is 0.895. The molecule has 0 aliphatic heterocycles. The van der Waals surface area contributed by atoms with E-state index in [-0.39, 0.29) is 18.3 Å². The molecule has 1 heterocycles. The predicted molar refractivity (Wildman–Crippen MR) is 64.8 cm³/mol. The average Bonchev–Trinajstić information content (AvgIpc) is 2.47. The summed E-state index contributed by atoms with van der Waals surface area (Å²) in [4.78, 5) is 12.2. The van der Waals surface area contributed by atoms with E-state index < -0.39 is 6.04 Å². The zero-order chi connectivity index (χ0) is 9.84. The Labute approximate surface area is 102 Å². The number of carbonyl (C=O) groups is 1. The predicted octanol–water partition coefficient (Wildman–Crippen LogP) is 1.90. The Bertz CT molecular complexity index is 303. The van der Waals surface area contributed by atoms with Gasteiger partial charge in [-0.25, -0.2) is 0 Å². The van der Waals surface area contributed by atoms with Gasteiger partial charge in [0.2, 0.25) is 5.91 Å². The molecule has 0 aliphatic carbocycles. The Morgan fingerprint density at radius 1 is 1.79 bits per heavy atom. The number of amides is 1. The van der Waals surface area contributed by atoms with Crippen molar-refractivity contribution in [3.05, 3.63) is 20.8 Å². The van der Waals surface area contributed by atoms with E-state index >= 15 is 0 Å². The van der Waals surface area contributed by atoms with Crippen LogP contribution in [0.15, 0.2) is 15.9 Å². The first-order valence-electron chi connectivity index (χ1n) is 3.86. The Morgan fingerprint density at radius 2 is 2.43 bits per heavy atom. The number of halogens is 2. The highest BCUT2D eigenvalue weighted by molar-refractivity contribution is 9.10. The van der Waals surface area contributed by atoms with Crippen LogP contribution in [0, 0.1) is 0 Å². The smallest absolute Gasteiger partial charge is 0.236 e. The molecule has 1 aromatic heterocycles. The number of thiophene rings is 1. The SMILES string of the molecule is C[C@@H](N)C(=O)NCc1sccc1Br.Cl. The lowest BCUT2D eigenvalue weighted by atomic mass is 10.3. The molecule has 0 saturated heterocycles. The molecule has 0 aromatic carbocycles. The van der Waals surface area contributed by atoms with Crippen LogP contribution in [-0.2, 0) is 11.3 Å². The molecule has 3 nitrogen and oxygen atoms in total. The zero-order valence-electron chi connectivity index (χ0n) is 7.62. The van der Waals surface area contributed by atoms with Crippen molar-refractivity contribution < 1.29 is 4.79 Å². The Kier molecular flexibility index (Phi) is 6.35. The molecule has 1 amide bonds. The van der Waals surface area contributed by atoms with E-state index in [0.29, 0.717) is 6.54 Å². The monoisotopic (exact) mass is 298 g/mol. The Hall–Kier alpha value is -0.100. The minimum atomic E-state index is -0.446. The molecule has 14 heavy (non-hydrogen) atoms. The summed E-state index contributed by atoms with van der Waals surface area (Å²) in [5.74, 6) is -0.125. The average molecular weight is 300 g/mol. The number of hydrogen-bond donors (Lipinski definition) is 2. The number of nitrogens with one attached hydrogen (secondary N) is 1. The second-order valence-corrected chi connectivity index (χ2v) is 4.55. The van der Waals surface area contributed by atoms with E-state index in [1.165, 1.54) is 0 Å². The highest BCUT2D eigenvalue weighted by atomic mass is 79.9. The molecule has 1 atom stereocenters. The number of carbonyl (C=O) groups excluding carboxylic acids is 1. The van der Waals surface area contributed by atoms with Crippen molar-refractivity contribution in [2.24, 2.45) is 5.73 Å². The van der Waals surface area contributed by atoms with Gasteiger partial charge in [0, 0.05) is 9.35 Å². The lowest BCUT2D eigenvalue weighted by Gasteiger charge is -2.06. The summed E-state index contributed by atoms with van der Waals surface area (Å²) >= 11 is 4.98. The zero-order valence-corrected chi connectivity index (χ0v) is 10.8. The van der Waals surface area contributed by atoms with Gasteiger partial charge in [0.15, 0.2) is 0 Å². The van der Waals surface area contributed by atoms with Crippen molar-refractivity contribution >= 4 is 45.6 Å². The van der Waals surface area contributed by atoms with Gasteiger partial charge in [-0.05, 0) is 34.3 Å². The van der Waals surface area contributed by atoms with Gasteiger partial charge in [0.1, 0.15) is 0 Å². The molecule has 6 heteroatoms. The van der Waals surface area contributed by atoms with Gasteiger partial charge in [-0.1, -0.05) is 0 Å². The highest BCUT2D eigenvalue weighted by Crippen LogP contribution is 2.21. The molecule has 0 radical (unpaired) electrons. The number of hydrogen-bond acceptors (Lipinski definition) is 3. The van der Waals surface area contributed by atoms with E-state index in [1.54, 1.807) is 18.3 Å². The maximum Gasteiger partial charge on any atom is 0.236 e. The first-order chi connectivity index (χ1) is 6.11. The molecule has 80 valence electrons. The van der Waals surface area contributed by atoms with E-state index in [1.807, 2.05) is 11.4 Å². The molecule has 1 rings (SSSR count). The molecular formula is C8H12BrClN2OS. The van der Waals surface area contributed by atoms with Crippen LogP contribution < -0.4 is 11.1 Å². The summed E-state index contributed by atoms with van der Waals surface area (Å²) in [5, 5.41) is 4.71. The fourth-order valence-corrected chi connectivity index (χ4v) is 2.21. The van der Waals surface area contributed by atoms with Crippen molar-refractivity contribution in [1.29, 1.82) is 0 Å². The Balaban J connectivity index is 0.00000169. The maximum absolute atomic E-state index is 11.1. The largest absolute Gasteiger partial charge is 0.350 e. The normalized spacial score (nSPS) is 11.6. The summed E-state index contributed by atoms with van der Waals surface area (Å²) < 4.78 is 1.03. The first-order valence-corrected chi connectivity index (χ1v) is 5.53. The maximum atomic E-state index is 11.1.